The molecule has 1 N–H and O–H groups in total. The van der Waals surface area contributed by atoms with Crippen LogP contribution in [-0.2, 0) is 0 Å². The first kappa shape index (κ1) is 13.1. The summed E-state index contributed by atoms with van der Waals surface area (Å²) in [4.78, 5) is 2.31. The van der Waals surface area contributed by atoms with Crippen LogP contribution < -0.4 is 15.0 Å². The SMILES string of the molecule is CCC1CNCCN1c1ccc(OC(F)F)cc1. The third kappa shape index (κ3) is 3.10. The van der Waals surface area contributed by atoms with Crippen molar-refractivity contribution in [2.45, 2.75) is 26.0 Å². The van der Waals surface area contributed by atoms with Crippen molar-refractivity contribution < 1.29 is 13.5 Å². The van der Waals surface area contributed by atoms with Crippen molar-refractivity contribution in [3.8, 4) is 5.75 Å². The molecule has 1 fully saturated rings. The smallest absolute Gasteiger partial charge is 0.387 e. The molecule has 5 heteroatoms. The highest BCUT2D eigenvalue weighted by Gasteiger charge is 2.20. The summed E-state index contributed by atoms with van der Waals surface area (Å²) in [6.45, 7) is 2.24. The van der Waals surface area contributed by atoms with Gasteiger partial charge in [0.2, 0.25) is 0 Å². The molecule has 0 radical (unpaired) electrons. The van der Waals surface area contributed by atoms with Gasteiger partial charge in [0.1, 0.15) is 5.75 Å². The highest BCUT2D eigenvalue weighted by atomic mass is 19.3. The van der Waals surface area contributed by atoms with E-state index in [0.717, 1.165) is 31.7 Å². The number of nitrogens with one attached hydrogen (secondary N) is 1. The Kier molecular flexibility index (Phi) is 4.36. The second-order valence-corrected chi connectivity index (χ2v) is 4.33. The highest BCUT2D eigenvalue weighted by molar-refractivity contribution is 5.50. The van der Waals surface area contributed by atoms with Gasteiger partial charge in [0.05, 0.1) is 0 Å². The number of hydrogen-bond donors (Lipinski definition) is 1. The van der Waals surface area contributed by atoms with Crippen molar-refractivity contribution in [1.82, 2.24) is 5.32 Å². The zero-order valence-corrected chi connectivity index (χ0v) is 10.4. The number of ether oxygens (including phenoxy) is 1. The van der Waals surface area contributed by atoms with Crippen LogP contribution in [0.2, 0.25) is 0 Å². The minimum Gasteiger partial charge on any atom is -0.435 e. The van der Waals surface area contributed by atoms with Gasteiger partial charge in [0, 0.05) is 31.4 Å². The Hall–Kier alpha value is -1.36. The van der Waals surface area contributed by atoms with Crippen molar-refractivity contribution in [3.05, 3.63) is 24.3 Å². The third-order valence-electron chi connectivity index (χ3n) is 3.22. The zero-order chi connectivity index (χ0) is 13.0. The Morgan fingerprint density at radius 3 is 2.72 bits per heavy atom. The largest absolute Gasteiger partial charge is 0.435 e. The number of rotatable bonds is 4. The minimum absolute atomic E-state index is 0.205. The molecule has 1 atom stereocenters. The van der Waals surface area contributed by atoms with E-state index in [2.05, 4.69) is 21.9 Å². The van der Waals surface area contributed by atoms with E-state index in [0.29, 0.717) is 6.04 Å². The number of piperazine rings is 1. The molecule has 18 heavy (non-hydrogen) atoms. The topological polar surface area (TPSA) is 24.5 Å². The predicted octanol–water partition coefficient (Wildman–Crippen LogP) is 2.48. The summed E-state index contributed by atoms with van der Waals surface area (Å²) in [7, 11) is 0. The van der Waals surface area contributed by atoms with Crippen LogP contribution in [0.25, 0.3) is 0 Å². The van der Waals surface area contributed by atoms with Crippen molar-refractivity contribution in [2.75, 3.05) is 24.5 Å². The molecule has 0 spiro atoms. The van der Waals surface area contributed by atoms with E-state index in [4.69, 9.17) is 0 Å². The normalized spacial score (nSPS) is 20.2. The summed E-state index contributed by atoms with van der Waals surface area (Å²) in [5, 5.41) is 3.36. The van der Waals surface area contributed by atoms with E-state index in [9.17, 15) is 8.78 Å². The Bertz CT molecular complexity index is 370. The van der Waals surface area contributed by atoms with Gasteiger partial charge in [-0.3, -0.25) is 0 Å². The zero-order valence-electron chi connectivity index (χ0n) is 10.4. The molecule has 0 aromatic heterocycles. The molecular formula is C13H18F2N2O. The standard InChI is InChI=1S/C13H18F2N2O/c1-2-10-9-16-7-8-17(10)11-3-5-12(6-4-11)18-13(14)15/h3-6,10,13,16H,2,7-9H2,1H3. The first-order valence-electron chi connectivity index (χ1n) is 6.23. The van der Waals surface area contributed by atoms with Crippen LogP contribution in [0.3, 0.4) is 0 Å². The molecule has 0 bridgehead atoms. The summed E-state index contributed by atoms with van der Waals surface area (Å²) < 4.78 is 28.4. The van der Waals surface area contributed by atoms with E-state index in [1.54, 1.807) is 12.1 Å². The summed E-state index contributed by atoms with van der Waals surface area (Å²) in [5.41, 5.74) is 1.06. The van der Waals surface area contributed by atoms with Gasteiger partial charge in [-0.2, -0.15) is 8.78 Å². The first-order chi connectivity index (χ1) is 8.70. The molecule has 1 unspecified atom stereocenters. The van der Waals surface area contributed by atoms with Crippen LogP contribution in [0.1, 0.15) is 13.3 Å². The first-order valence-corrected chi connectivity index (χ1v) is 6.23. The van der Waals surface area contributed by atoms with E-state index >= 15 is 0 Å². The Morgan fingerprint density at radius 2 is 2.11 bits per heavy atom. The Balaban J connectivity index is 2.07. The fourth-order valence-corrected chi connectivity index (χ4v) is 2.28. The van der Waals surface area contributed by atoms with Crippen molar-refractivity contribution in [3.63, 3.8) is 0 Å². The van der Waals surface area contributed by atoms with Gasteiger partial charge in [-0.15, -0.1) is 0 Å². The minimum atomic E-state index is -2.77. The molecule has 1 heterocycles. The number of halogens is 2. The highest BCUT2D eigenvalue weighted by Crippen LogP contribution is 2.23. The number of benzene rings is 1. The molecule has 0 aliphatic carbocycles. The van der Waals surface area contributed by atoms with Gasteiger partial charge >= 0.3 is 6.61 Å². The maximum Gasteiger partial charge on any atom is 0.387 e. The van der Waals surface area contributed by atoms with Crippen LogP contribution in [-0.4, -0.2) is 32.3 Å². The fourth-order valence-electron chi connectivity index (χ4n) is 2.28. The lowest BCUT2D eigenvalue weighted by Gasteiger charge is -2.37. The summed E-state index contributed by atoms with van der Waals surface area (Å²) in [6.07, 6.45) is 1.06. The third-order valence-corrected chi connectivity index (χ3v) is 3.22. The maximum absolute atomic E-state index is 12.1. The summed E-state index contributed by atoms with van der Waals surface area (Å²) in [6, 6.07) is 7.32. The molecule has 2 rings (SSSR count). The fraction of sp³-hybridized carbons (Fsp3) is 0.538. The number of hydrogen-bond acceptors (Lipinski definition) is 3. The van der Waals surface area contributed by atoms with E-state index < -0.39 is 6.61 Å². The van der Waals surface area contributed by atoms with Gasteiger partial charge in [0.25, 0.3) is 0 Å². The molecule has 1 aromatic carbocycles. The quantitative estimate of drug-likeness (QED) is 0.895. The van der Waals surface area contributed by atoms with E-state index in [-0.39, 0.29) is 5.75 Å². The van der Waals surface area contributed by atoms with Gasteiger partial charge in [-0.1, -0.05) is 6.92 Å². The Labute approximate surface area is 106 Å². The lowest BCUT2D eigenvalue weighted by atomic mass is 10.1. The molecule has 100 valence electrons. The monoisotopic (exact) mass is 256 g/mol. The summed E-state index contributed by atoms with van der Waals surface area (Å²) >= 11 is 0. The van der Waals surface area contributed by atoms with Crippen molar-refractivity contribution >= 4 is 5.69 Å². The van der Waals surface area contributed by atoms with E-state index in [1.165, 1.54) is 0 Å². The van der Waals surface area contributed by atoms with Crippen LogP contribution >= 0.6 is 0 Å². The summed E-state index contributed by atoms with van der Waals surface area (Å²) in [5.74, 6) is 0.205. The molecule has 1 aliphatic rings. The van der Waals surface area contributed by atoms with Crippen LogP contribution in [0.15, 0.2) is 24.3 Å². The molecule has 0 saturated carbocycles. The van der Waals surface area contributed by atoms with Crippen LogP contribution in [0.5, 0.6) is 5.75 Å². The van der Waals surface area contributed by atoms with Crippen LogP contribution in [0.4, 0.5) is 14.5 Å². The van der Waals surface area contributed by atoms with Crippen LogP contribution in [0, 0.1) is 0 Å². The molecule has 1 aromatic rings. The average Bonchev–Trinajstić information content (AvgIpc) is 2.39. The molecular weight excluding hydrogens is 238 g/mol. The average molecular weight is 256 g/mol. The number of anilines is 1. The molecule has 1 saturated heterocycles. The molecule has 3 nitrogen and oxygen atoms in total. The van der Waals surface area contributed by atoms with Gasteiger partial charge in [-0.25, -0.2) is 0 Å². The molecule has 1 aliphatic heterocycles. The second-order valence-electron chi connectivity index (χ2n) is 4.33. The lowest BCUT2D eigenvalue weighted by Crippen LogP contribution is -2.51. The molecule has 0 amide bonds. The maximum atomic E-state index is 12.1. The van der Waals surface area contributed by atoms with Gasteiger partial charge < -0.3 is 15.0 Å². The van der Waals surface area contributed by atoms with Crippen molar-refractivity contribution in [1.29, 1.82) is 0 Å². The van der Waals surface area contributed by atoms with E-state index in [1.807, 2.05) is 12.1 Å². The number of alkyl halides is 2. The lowest BCUT2D eigenvalue weighted by molar-refractivity contribution is -0.0498. The predicted molar refractivity (Wildman–Crippen MR) is 67.4 cm³/mol. The number of nitrogens with zero attached hydrogens (tertiary/aromatic N) is 1. The van der Waals surface area contributed by atoms with Gasteiger partial charge in [-0.05, 0) is 30.7 Å². The van der Waals surface area contributed by atoms with Crippen molar-refractivity contribution in [2.24, 2.45) is 0 Å². The Morgan fingerprint density at radius 1 is 1.39 bits per heavy atom. The van der Waals surface area contributed by atoms with Gasteiger partial charge in [0.15, 0.2) is 0 Å². The second kappa shape index (κ2) is 6.00.